The number of esters is 1. The van der Waals surface area contributed by atoms with Gasteiger partial charge in [-0.05, 0) is 37.6 Å². The number of fused-ring (bicyclic) bond motifs is 1. The van der Waals surface area contributed by atoms with E-state index in [-0.39, 0.29) is 23.5 Å². The second-order valence-corrected chi connectivity index (χ2v) is 9.40. The summed E-state index contributed by atoms with van der Waals surface area (Å²) in [4.78, 5) is 27.7. The number of hydrogen-bond donors (Lipinski definition) is 1. The van der Waals surface area contributed by atoms with Crippen LogP contribution >= 0.6 is 0 Å². The molecule has 1 fully saturated rings. The van der Waals surface area contributed by atoms with Crippen LogP contribution in [0.1, 0.15) is 22.5 Å². The van der Waals surface area contributed by atoms with E-state index in [0.717, 1.165) is 12.1 Å². The van der Waals surface area contributed by atoms with Crippen LogP contribution in [-0.4, -0.2) is 57.8 Å². The third-order valence-corrected chi connectivity index (χ3v) is 6.50. The molecule has 0 radical (unpaired) electrons. The van der Waals surface area contributed by atoms with E-state index in [9.17, 15) is 44.7 Å². The van der Waals surface area contributed by atoms with Gasteiger partial charge in [0.1, 0.15) is 18.2 Å². The first kappa shape index (κ1) is 30.0. The quantitative estimate of drug-likeness (QED) is 0.246. The maximum atomic E-state index is 14.0. The van der Waals surface area contributed by atoms with Gasteiger partial charge in [0.05, 0.1) is 22.9 Å². The summed E-state index contributed by atoms with van der Waals surface area (Å²) in [5.41, 5.74) is 1.30. The van der Waals surface area contributed by atoms with Crippen LogP contribution in [0.5, 0.6) is 5.75 Å². The minimum absolute atomic E-state index is 0.152. The van der Waals surface area contributed by atoms with E-state index in [1.807, 2.05) is 0 Å². The number of rotatable bonds is 6. The van der Waals surface area contributed by atoms with Gasteiger partial charge in [0, 0.05) is 31.9 Å². The average Bonchev–Trinajstić information content (AvgIpc) is 3.43. The predicted octanol–water partition coefficient (Wildman–Crippen LogP) is 4.99. The predicted molar refractivity (Wildman–Crippen MR) is 125 cm³/mol. The molecule has 2 atom stereocenters. The van der Waals surface area contributed by atoms with Crippen molar-refractivity contribution < 1.29 is 54.2 Å². The fourth-order valence-electron chi connectivity index (χ4n) is 4.46. The van der Waals surface area contributed by atoms with Crippen molar-refractivity contribution in [2.45, 2.75) is 45.4 Å². The Kier molecular flexibility index (Phi) is 8.16. The number of halogens is 8. The Morgan fingerprint density at radius 2 is 1.73 bits per heavy atom. The molecule has 0 saturated carbocycles. The van der Waals surface area contributed by atoms with Crippen molar-refractivity contribution in [1.82, 2.24) is 19.6 Å². The molecular formula is C25H22F8N4O4. The largest absolute Gasteiger partial charge is 0.491 e. The lowest BCUT2D eigenvalue weighted by Gasteiger charge is -2.22. The van der Waals surface area contributed by atoms with Gasteiger partial charge in [0.25, 0.3) is 0 Å². The molecule has 1 amide bonds. The second-order valence-electron chi connectivity index (χ2n) is 9.40. The van der Waals surface area contributed by atoms with Gasteiger partial charge in [-0.3, -0.25) is 4.40 Å². The normalized spacial score (nSPS) is 17.8. The van der Waals surface area contributed by atoms with Crippen LogP contribution in [0.25, 0.3) is 5.65 Å². The summed E-state index contributed by atoms with van der Waals surface area (Å²) < 4.78 is 117. The average molecular weight is 594 g/mol. The summed E-state index contributed by atoms with van der Waals surface area (Å²) in [6.45, 7) is 0.855. The molecule has 1 aliphatic rings. The van der Waals surface area contributed by atoms with Gasteiger partial charge in [0.2, 0.25) is 0 Å². The van der Waals surface area contributed by atoms with Crippen LogP contribution in [0, 0.1) is 31.4 Å². The number of aromatic nitrogens is 2. The molecule has 41 heavy (non-hydrogen) atoms. The summed E-state index contributed by atoms with van der Waals surface area (Å²) in [5, 5.41) is 2.68. The molecule has 1 N–H and O–H groups in total. The van der Waals surface area contributed by atoms with Crippen molar-refractivity contribution in [2.24, 2.45) is 5.92 Å². The molecule has 1 aliphatic heterocycles. The van der Waals surface area contributed by atoms with Crippen LogP contribution in [0.15, 0.2) is 30.5 Å². The number of alkyl halides is 6. The maximum absolute atomic E-state index is 14.0. The van der Waals surface area contributed by atoms with E-state index in [0.29, 0.717) is 21.9 Å². The molecule has 2 aromatic heterocycles. The highest BCUT2D eigenvalue weighted by molar-refractivity contribution is 5.87. The van der Waals surface area contributed by atoms with Crippen molar-refractivity contribution in [2.75, 3.05) is 13.1 Å². The van der Waals surface area contributed by atoms with Crippen molar-refractivity contribution in [1.29, 1.82) is 0 Å². The van der Waals surface area contributed by atoms with E-state index in [1.165, 1.54) is 10.5 Å². The van der Waals surface area contributed by atoms with E-state index in [1.54, 1.807) is 26.1 Å². The van der Waals surface area contributed by atoms with Crippen LogP contribution in [0.4, 0.5) is 39.9 Å². The van der Waals surface area contributed by atoms with Crippen molar-refractivity contribution in [3.8, 4) is 5.75 Å². The van der Waals surface area contributed by atoms with Gasteiger partial charge in [-0.2, -0.15) is 26.3 Å². The fraction of sp³-hybridized carbons (Fsp3) is 0.400. The number of benzene rings is 1. The highest BCUT2D eigenvalue weighted by atomic mass is 19.4. The highest BCUT2D eigenvalue weighted by Gasteiger charge is 2.52. The molecule has 16 heteroatoms. The summed E-state index contributed by atoms with van der Waals surface area (Å²) >= 11 is 0. The lowest BCUT2D eigenvalue weighted by Crippen LogP contribution is -2.42. The highest BCUT2D eigenvalue weighted by Crippen LogP contribution is 2.35. The zero-order chi connectivity index (χ0) is 30.3. The smallest absolute Gasteiger partial charge is 0.485 e. The van der Waals surface area contributed by atoms with Crippen molar-refractivity contribution >= 4 is 17.7 Å². The number of carbonyl (C=O) groups is 2. The standard InChI is InChI=1S/C25H22F8N4O4/c1-12-6-20(40-11-14-16(26)4-3-5-17(14)27)21-35-13(2)19(37(21)8-12)7-34-18-10-36(9-15(18)24(28,29)30)23(39)41-22(38)25(31,32)33/h3-6,8,15,18,34H,7,9-11H2,1-2H3. The van der Waals surface area contributed by atoms with Crippen molar-refractivity contribution in [3.05, 3.63) is 64.6 Å². The Balaban J connectivity index is 1.53. The van der Waals surface area contributed by atoms with Gasteiger partial charge in [-0.15, -0.1) is 0 Å². The summed E-state index contributed by atoms with van der Waals surface area (Å²) in [5.74, 6) is -6.48. The lowest BCUT2D eigenvalue weighted by molar-refractivity contribution is -0.194. The zero-order valence-electron chi connectivity index (χ0n) is 21.4. The topological polar surface area (TPSA) is 85.2 Å². The fourth-order valence-corrected chi connectivity index (χ4v) is 4.46. The Bertz CT molecular complexity index is 1450. The number of imidazole rings is 1. The number of hydrogen-bond acceptors (Lipinski definition) is 6. The first-order chi connectivity index (χ1) is 19.1. The number of pyridine rings is 1. The Morgan fingerprint density at radius 3 is 2.34 bits per heavy atom. The number of nitrogens with zero attached hydrogens (tertiary/aromatic N) is 3. The third-order valence-electron chi connectivity index (χ3n) is 6.50. The minimum Gasteiger partial charge on any atom is -0.485 e. The molecule has 3 heterocycles. The maximum Gasteiger partial charge on any atom is 0.491 e. The number of amides is 1. The van der Waals surface area contributed by atoms with Gasteiger partial charge in [0.15, 0.2) is 11.4 Å². The number of likely N-dealkylation sites (tertiary alicyclic amines) is 1. The lowest BCUT2D eigenvalue weighted by atomic mass is 10.0. The molecule has 2 unspecified atom stereocenters. The summed E-state index contributed by atoms with van der Waals surface area (Å²) in [6, 6.07) is 3.46. The van der Waals surface area contributed by atoms with Gasteiger partial charge in [-0.25, -0.2) is 23.4 Å². The van der Waals surface area contributed by atoms with Gasteiger partial charge < -0.3 is 19.7 Å². The van der Waals surface area contributed by atoms with Crippen LogP contribution in [-0.2, 0) is 22.7 Å². The summed E-state index contributed by atoms with van der Waals surface area (Å²) in [6.07, 6.45) is -10.6. The van der Waals surface area contributed by atoms with E-state index in [4.69, 9.17) is 4.74 Å². The number of carbonyl (C=O) groups excluding carboxylic acids is 2. The first-order valence-corrected chi connectivity index (χ1v) is 12.0. The molecule has 0 spiro atoms. The zero-order valence-corrected chi connectivity index (χ0v) is 21.4. The second kappa shape index (κ2) is 11.1. The number of ether oxygens (including phenoxy) is 2. The SMILES string of the molecule is Cc1cc(OCc2c(F)cccc2F)c2nc(C)c(CNC3CN(C(=O)OC(=O)C(F)(F)F)CC3C(F)(F)F)n2c1. The van der Waals surface area contributed by atoms with E-state index >= 15 is 0 Å². The van der Waals surface area contributed by atoms with Gasteiger partial charge in [-0.1, -0.05) is 6.07 Å². The third kappa shape index (κ3) is 6.52. The minimum atomic E-state index is -5.50. The summed E-state index contributed by atoms with van der Waals surface area (Å²) in [7, 11) is 0. The van der Waals surface area contributed by atoms with Crippen molar-refractivity contribution in [3.63, 3.8) is 0 Å². The molecule has 3 aromatic rings. The Labute approximate surface area is 226 Å². The monoisotopic (exact) mass is 594 g/mol. The molecule has 1 saturated heterocycles. The first-order valence-electron chi connectivity index (χ1n) is 12.0. The molecule has 0 bridgehead atoms. The molecule has 4 rings (SSSR count). The van der Waals surface area contributed by atoms with Crippen LogP contribution < -0.4 is 10.1 Å². The van der Waals surface area contributed by atoms with E-state index in [2.05, 4.69) is 15.0 Å². The number of nitrogens with one attached hydrogen (secondary N) is 1. The molecule has 0 aliphatic carbocycles. The van der Waals surface area contributed by atoms with E-state index < -0.39 is 67.7 Å². The Morgan fingerprint density at radius 1 is 1.07 bits per heavy atom. The molecule has 8 nitrogen and oxygen atoms in total. The molecular weight excluding hydrogens is 572 g/mol. The van der Waals surface area contributed by atoms with Gasteiger partial charge >= 0.3 is 24.4 Å². The van der Waals surface area contributed by atoms with Crippen LogP contribution in [0.3, 0.4) is 0 Å². The Hall–Kier alpha value is -3.95. The number of aryl methyl sites for hydroxylation is 2. The van der Waals surface area contributed by atoms with Crippen LogP contribution in [0.2, 0.25) is 0 Å². The molecule has 222 valence electrons. The molecule has 1 aromatic carbocycles.